The highest BCUT2D eigenvalue weighted by molar-refractivity contribution is 5.83. The highest BCUT2D eigenvalue weighted by atomic mass is 16.5. The smallest absolute Gasteiger partial charge is 0.335 e. The van der Waals surface area contributed by atoms with Crippen molar-refractivity contribution < 1.29 is 9.53 Å². The van der Waals surface area contributed by atoms with E-state index >= 15 is 0 Å². The number of esters is 1. The third-order valence-electron chi connectivity index (χ3n) is 4.19. The predicted octanol–water partition coefficient (Wildman–Crippen LogP) is 5.19. The first-order chi connectivity index (χ1) is 15.7. The first-order valence-electron chi connectivity index (χ1n) is 9.79. The lowest BCUT2D eigenvalue weighted by molar-refractivity contribution is -0.128. The summed E-state index contributed by atoms with van der Waals surface area (Å²) in [6.07, 6.45) is 1.11. The van der Waals surface area contributed by atoms with Crippen LogP contribution in [0.3, 0.4) is 0 Å². The van der Waals surface area contributed by atoms with E-state index in [9.17, 15) is 4.79 Å². The highest BCUT2D eigenvalue weighted by Crippen LogP contribution is 2.22. The van der Waals surface area contributed by atoms with Gasteiger partial charge in [0.25, 0.3) is 0 Å². The number of carbonyl (C=O) groups is 1. The number of anilines is 6. The summed E-state index contributed by atoms with van der Waals surface area (Å²) < 4.78 is 5.09. The molecule has 0 fully saturated rings. The van der Waals surface area contributed by atoms with Crippen LogP contribution in [0.15, 0.2) is 97.6 Å². The van der Waals surface area contributed by atoms with Crippen LogP contribution in [0.4, 0.5) is 34.9 Å². The number of para-hydroxylation sites is 2. The van der Waals surface area contributed by atoms with Crippen molar-refractivity contribution >= 4 is 40.9 Å². The molecule has 0 saturated carbocycles. The number of benzene rings is 3. The molecular weight excluding hydrogens is 404 g/mol. The van der Waals surface area contributed by atoms with Crippen molar-refractivity contribution in [3.63, 3.8) is 0 Å². The van der Waals surface area contributed by atoms with Gasteiger partial charge in [0, 0.05) is 23.1 Å². The Morgan fingerprint density at radius 2 is 1.06 bits per heavy atom. The van der Waals surface area contributed by atoms with Gasteiger partial charge in [-0.2, -0.15) is 15.0 Å². The predicted molar refractivity (Wildman–Crippen MR) is 125 cm³/mol. The quantitative estimate of drug-likeness (QED) is 0.202. The van der Waals surface area contributed by atoms with Gasteiger partial charge in [0.1, 0.15) is 5.75 Å². The van der Waals surface area contributed by atoms with Crippen LogP contribution in [0.5, 0.6) is 5.75 Å². The number of aromatic nitrogens is 3. The van der Waals surface area contributed by atoms with Crippen molar-refractivity contribution in [2.24, 2.45) is 0 Å². The molecule has 0 amide bonds. The average Bonchev–Trinajstić information content (AvgIpc) is 2.81. The molecule has 3 N–H and O–H groups in total. The zero-order valence-electron chi connectivity index (χ0n) is 17.0. The highest BCUT2D eigenvalue weighted by Gasteiger charge is 2.09. The zero-order chi connectivity index (χ0) is 22.2. The van der Waals surface area contributed by atoms with Gasteiger partial charge in [-0.1, -0.05) is 43.0 Å². The summed E-state index contributed by atoms with van der Waals surface area (Å²) in [4.78, 5) is 24.7. The van der Waals surface area contributed by atoms with Crippen LogP contribution >= 0.6 is 0 Å². The molecule has 158 valence electrons. The second kappa shape index (κ2) is 9.86. The van der Waals surface area contributed by atoms with E-state index in [0.717, 1.165) is 17.5 Å². The summed E-state index contributed by atoms with van der Waals surface area (Å²) in [7, 11) is 0. The molecule has 0 aliphatic rings. The Labute approximate surface area is 185 Å². The first kappa shape index (κ1) is 20.5. The molecule has 0 unspecified atom stereocenters. The molecule has 0 aliphatic heterocycles. The van der Waals surface area contributed by atoms with E-state index in [-0.39, 0.29) is 0 Å². The van der Waals surface area contributed by atoms with Crippen LogP contribution in [-0.2, 0) is 4.79 Å². The van der Waals surface area contributed by atoms with E-state index in [1.807, 2.05) is 60.7 Å². The van der Waals surface area contributed by atoms with Crippen molar-refractivity contribution in [3.8, 4) is 5.75 Å². The number of ether oxygens (including phenoxy) is 1. The molecule has 32 heavy (non-hydrogen) atoms. The minimum atomic E-state index is -0.517. The van der Waals surface area contributed by atoms with Gasteiger partial charge in [0.15, 0.2) is 0 Å². The standard InChI is InChI=1S/C24H20N6O2/c1-2-21(31)32-20-15-13-19(14-16-20)27-24-29-22(25-17-9-5-3-6-10-17)28-23(30-24)26-18-11-7-4-8-12-18/h2-16H,1H2,(H3,25,26,27,28,29,30). The Bertz CT molecular complexity index is 1140. The molecule has 0 aliphatic carbocycles. The summed E-state index contributed by atoms with van der Waals surface area (Å²) >= 11 is 0. The Morgan fingerprint density at radius 3 is 1.47 bits per heavy atom. The second-order valence-corrected chi connectivity index (χ2v) is 6.56. The van der Waals surface area contributed by atoms with E-state index in [1.54, 1.807) is 24.3 Å². The maximum atomic E-state index is 11.3. The Hall–Kier alpha value is -4.72. The van der Waals surface area contributed by atoms with Crippen molar-refractivity contribution in [3.05, 3.63) is 97.6 Å². The third-order valence-corrected chi connectivity index (χ3v) is 4.19. The number of nitrogens with one attached hydrogen (secondary N) is 3. The van der Waals surface area contributed by atoms with E-state index < -0.39 is 5.97 Å². The van der Waals surface area contributed by atoms with E-state index in [2.05, 4.69) is 37.5 Å². The van der Waals surface area contributed by atoms with Crippen molar-refractivity contribution in [1.82, 2.24) is 15.0 Å². The van der Waals surface area contributed by atoms with E-state index in [1.165, 1.54) is 0 Å². The molecule has 0 radical (unpaired) electrons. The molecule has 0 bridgehead atoms. The summed E-state index contributed by atoms with van der Waals surface area (Å²) in [5, 5.41) is 9.52. The fourth-order valence-corrected chi connectivity index (χ4v) is 2.74. The number of hydrogen-bond acceptors (Lipinski definition) is 8. The Kier molecular flexibility index (Phi) is 6.33. The molecule has 4 rings (SSSR count). The van der Waals surface area contributed by atoms with Gasteiger partial charge >= 0.3 is 5.97 Å². The fraction of sp³-hybridized carbons (Fsp3) is 0. The summed E-state index contributed by atoms with van der Waals surface area (Å²) in [5.41, 5.74) is 2.42. The van der Waals surface area contributed by atoms with Crippen molar-refractivity contribution in [2.75, 3.05) is 16.0 Å². The number of hydrogen-bond donors (Lipinski definition) is 3. The van der Waals surface area contributed by atoms with Crippen LogP contribution in [0.1, 0.15) is 0 Å². The maximum absolute atomic E-state index is 11.3. The monoisotopic (exact) mass is 424 g/mol. The van der Waals surface area contributed by atoms with Gasteiger partial charge in [-0.3, -0.25) is 0 Å². The van der Waals surface area contributed by atoms with Crippen molar-refractivity contribution in [2.45, 2.75) is 0 Å². The average molecular weight is 424 g/mol. The summed E-state index contributed by atoms with van der Waals surface area (Å²) in [6, 6.07) is 26.1. The molecule has 3 aromatic carbocycles. The molecule has 0 atom stereocenters. The van der Waals surface area contributed by atoms with Crippen LogP contribution in [0.2, 0.25) is 0 Å². The molecule has 0 spiro atoms. The van der Waals surface area contributed by atoms with Crippen LogP contribution in [0, 0.1) is 0 Å². The molecule has 1 heterocycles. The van der Waals surface area contributed by atoms with Gasteiger partial charge in [0.2, 0.25) is 17.8 Å². The van der Waals surface area contributed by atoms with Gasteiger partial charge < -0.3 is 20.7 Å². The van der Waals surface area contributed by atoms with Gasteiger partial charge in [-0.15, -0.1) is 0 Å². The molecule has 8 nitrogen and oxygen atoms in total. The molecule has 8 heteroatoms. The second-order valence-electron chi connectivity index (χ2n) is 6.56. The lowest BCUT2D eigenvalue weighted by Crippen LogP contribution is -2.07. The zero-order valence-corrected chi connectivity index (χ0v) is 17.0. The number of rotatable bonds is 8. The summed E-state index contributed by atoms with van der Waals surface area (Å²) in [6.45, 7) is 3.39. The number of carbonyl (C=O) groups excluding carboxylic acids is 1. The first-order valence-corrected chi connectivity index (χ1v) is 9.79. The molecule has 1 aromatic heterocycles. The molecular formula is C24H20N6O2. The fourth-order valence-electron chi connectivity index (χ4n) is 2.74. The molecule has 0 saturated heterocycles. The number of nitrogens with zero attached hydrogens (tertiary/aromatic N) is 3. The largest absolute Gasteiger partial charge is 0.423 e. The minimum absolute atomic E-state index is 0.340. The van der Waals surface area contributed by atoms with E-state index in [4.69, 9.17) is 4.74 Å². The third kappa shape index (κ3) is 5.67. The maximum Gasteiger partial charge on any atom is 0.335 e. The minimum Gasteiger partial charge on any atom is -0.423 e. The normalized spacial score (nSPS) is 10.1. The van der Waals surface area contributed by atoms with Gasteiger partial charge in [-0.25, -0.2) is 4.79 Å². The lowest BCUT2D eigenvalue weighted by Gasteiger charge is -2.12. The van der Waals surface area contributed by atoms with Crippen molar-refractivity contribution in [1.29, 1.82) is 0 Å². The Morgan fingerprint density at radius 1 is 0.656 bits per heavy atom. The molecule has 4 aromatic rings. The van der Waals surface area contributed by atoms with Crippen LogP contribution in [-0.4, -0.2) is 20.9 Å². The van der Waals surface area contributed by atoms with Crippen LogP contribution in [0.25, 0.3) is 0 Å². The lowest BCUT2D eigenvalue weighted by atomic mass is 10.3. The van der Waals surface area contributed by atoms with Gasteiger partial charge in [0.05, 0.1) is 0 Å². The van der Waals surface area contributed by atoms with E-state index in [0.29, 0.717) is 29.3 Å². The van der Waals surface area contributed by atoms with Crippen LogP contribution < -0.4 is 20.7 Å². The Balaban J connectivity index is 1.58. The topological polar surface area (TPSA) is 101 Å². The SMILES string of the molecule is C=CC(=O)Oc1ccc(Nc2nc(Nc3ccccc3)nc(Nc3ccccc3)n2)cc1. The summed E-state index contributed by atoms with van der Waals surface area (Å²) in [5.74, 6) is 0.991. The van der Waals surface area contributed by atoms with Gasteiger partial charge in [-0.05, 0) is 48.5 Å².